The van der Waals surface area contributed by atoms with Gasteiger partial charge in [-0.05, 0) is 18.2 Å². The van der Waals surface area contributed by atoms with Crippen LogP contribution in [0.15, 0.2) is 40.9 Å². The van der Waals surface area contributed by atoms with E-state index in [2.05, 4.69) is 26.6 Å². The summed E-state index contributed by atoms with van der Waals surface area (Å²) in [6.07, 6.45) is 0. The SMILES string of the molecule is O=[N+]([O-])c1ccc(NCCO)c(NCc2ccc(Br)cc2F)c1. The number of nitrogens with one attached hydrogen (secondary N) is 2. The Hall–Kier alpha value is -2.19. The quantitative estimate of drug-likeness (QED) is 0.502. The first-order valence-electron chi connectivity index (χ1n) is 6.82. The highest BCUT2D eigenvalue weighted by Gasteiger charge is 2.11. The second-order valence-electron chi connectivity index (χ2n) is 4.73. The molecule has 3 N–H and O–H groups in total. The van der Waals surface area contributed by atoms with Crippen LogP contribution >= 0.6 is 15.9 Å². The molecule has 0 fully saturated rings. The van der Waals surface area contributed by atoms with Crippen molar-refractivity contribution in [3.8, 4) is 0 Å². The molecule has 0 saturated carbocycles. The van der Waals surface area contributed by atoms with Crippen LogP contribution in [0.2, 0.25) is 0 Å². The summed E-state index contributed by atoms with van der Waals surface area (Å²) in [4.78, 5) is 10.4. The Kier molecular flexibility index (Phi) is 5.89. The number of anilines is 2. The van der Waals surface area contributed by atoms with E-state index in [4.69, 9.17) is 5.11 Å². The van der Waals surface area contributed by atoms with Crippen LogP contribution in [-0.4, -0.2) is 23.2 Å². The Morgan fingerprint density at radius 1 is 1.17 bits per heavy atom. The monoisotopic (exact) mass is 383 g/mol. The van der Waals surface area contributed by atoms with Gasteiger partial charge in [-0.15, -0.1) is 0 Å². The molecule has 23 heavy (non-hydrogen) atoms. The van der Waals surface area contributed by atoms with Gasteiger partial charge in [0.1, 0.15) is 5.82 Å². The minimum atomic E-state index is -0.499. The molecule has 122 valence electrons. The number of hydrogen-bond acceptors (Lipinski definition) is 5. The second-order valence-corrected chi connectivity index (χ2v) is 5.64. The van der Waals surface area contributed by atoms with Gasteiger partial charge in [0.2, 0.25) is 0 Å². The molecule has 0 aromatic heterocycles. The van der Waals surface area contributed by atoms with Crippen LogP contribution in [0.25, 0.3) is 0 Å². The second kappa shape index (κ2) is 7.89. The van der Waals surface area contributed by atoms with E-state index in [0.717, 1.165) is 0 Å². The van der Waals surface area contributed by atoms with Crippen molar-refractivity contribution < 1.29 is 14.4 Å². The molecule has 0 unspecified atom stereocenters. The molecule has 0 bridgehead atoms. The molecule has 0 amide bonds. The van der Waals surface area contributed by atoms with Crippen LogP contribution in [0.5, 0.6) is 0 Å². The van der Waals surface area contributed by atoms with Crippen molar-refractivity contribution in [2.45, 2.75) is 6.54 Å². The van der Waals surface area contributed by atoms with Crippen LogP contribution in [-0.2, 0) is 6.54 Å². The van der Waals surface area contributed by atoms with E-state index in [1.54, 1.807) is 18.2 Å². The highest BCUT2D eigenvalue weighted by atomic mass is 79.9. The van der Waals surface area contributed by atoms with Gasteiger partial charge in [0.15, 0.2) is 0 Å². The van der Waals surface area contributed by atoms with Gasteiger partial charge in [-0.2, -0.15) is 0 Å². The number of nitro groups is 1. The molecule has 0 aliphatic carbocycles. The molecule has 0 aliphatic heterocycles. The summed E-state index contributed by atoms with van der Waals surface area (Å²) in [7, 11) is 0. The fraction of sp³-hybridized carbons (Fsp3) is 0.200. The van der Waals surface area contributed by atoms with Gasteiger partial charge in [0.05, 0.1) is 22.9 Å². The number of aliphatic hydroxyl groups excluding tert-OH is 1. The molecular weight excluding hydrogens is 369 g/mol. The number of aliphatic hydroxyl groups is 1. The molecule has 0 spiro atoms. The molecule has 8 heteroatoms. The molecule has 2 aromatic rings. The third kappa shape index (κ3) is 4.64. The number of rotatable bonds is 7. The lowest BCUT2D eigenvalue weighted by Crippen LogP contribution is -2.09. The highest BCUT2D eigenvalue weighted by molar-refractivity contribution is 9.10. The number of nitro benzene ring substituents is 1. The van der Waals surface area contributed by atoms with Crippen LogP contribution < -0.4 is 10.6 Å². The van der Waals surface area contributed by atoms with Gasteiger partial charge in [-0.3, -0.25) is 10.1 Å². The topological polar surface area (TPSA) is 87.4 Å². The molecule has 2 rings (SSSR count). The average Bonchev–Trinajstić information content (AvgIpc) is 2.52. The van der Waals surface area contributed by atoms with Crippen molar-refractivity contribution >= 4 is 33.0 Å². The molecule has 0 saturated heterocycles. The van der Waals surface area contributed by atoms with Crippen LogP contribution in [0, 0.1) is 15.9 Å². The van der Waals surface area contributed by atoms with E-state index in [9.17, 15) is 14.5 Å². The first-order valence-corrected chi connectivity index (χ1v) is 7.61. The van der Waals surface area contributed by atoms with Crippen LogP contribution in [0.1, 0.15) is 5.56 Å². The average molecular weight is 384 g/mol. The van der Waals surface area contributed by atoms with Gasteiger partial charge in [0, 0.05) is 35.3 Å². The van der Waals surface area contributed by atoms with E-state index in [0.29, 0.717) is 28.0 Å². The normalized spacial score (nSPS) is 10.4. The van der Waals surface area contributed by atoms with Crippen molar-refractivity contribution in [1.82, 2.24) is 0 Å². The third-order valence-corrected chi connectivity index (χ3v) is 3.62. The van der Waals surface area contributed by atoms with Crippen molar-refractivity contribution in [3.05, 3.63) is 62.4 Å². The zero-order valence-corrected chi connectivity index (χ0v) is 13.6. The largest absolute Gasteiger partial charge is 0.395 e. The number of benzene rings is 2. The zero-order chi connectivity index (χ0) is 16.8. The summed E-state index contributed by atoms with van der Waals surface area (Å²) in [5.41, 5.74) is 1.43. The van der Waals surface area contributed by atoms with E-state index < -0.39 is 4.92 Å². The Morgan fingerprint density at radius 3 is 2.61 bits per heavy atom. The Morgan fingerprint density at radius 2 is 1.96 bits per heavy atom. The van der Waals surface area contributed by atoms with Gasteiger partial charge >= 0.3 is 0 Å². The number of halogens is 2. The van der Waals surface area contributed by atoms with E-state index in [1.807, 2.05) is 0 Å². The minimum absolute atomic E-state index is 0.0710. The van der Waals surface area contributed by atoms with Crippen molar-refractivity contribution in [1.29, 1.82) is 0 Å². The molecule has 0 radical (unpaired) electrons. The predicted molar refractivity (Wildman–Crippen MR) is 90.1 cm³/mol. The first-order chi connectivity index (χ1) is 11.0. The molecule has 6 nitrogen and oxygen atoms in total. The van der Waals surface area contributed by atoms with Gasteiger partial charge in [0.25, 0.3) is 5.69 Å². The number of nitrogens with zero attached hydrogens (tertiary/aromatic N) is 1. The Bertz CT molecular complexity index is 712. The number of hydrogen-bond donors (Lipinski definition) is 3. The zero-order valence-electron chi connectivity index (χ0n) is 12.1. The van der Waals surface area contributed by atoms with Gasteiger partial charge in [-0.25, -0.2) is 4.39 Å². The summed E-state index contributed by atoms with van der Waals surface area (Å²) in [5.74, 6) is -0.373. The minimum Gasteiger partial charge on any atom is -0.395 e. The molecular formula is C15H15BrFN3O3. The molecule has 0 atom stereocenters. The Balaban J connectivity index is 2.21. The van der Waals surface area contributed by atoms with Crippen molar-refractivity contribution in [3.63, 3.8) is 0 Å². The summed E-state index contributed by atoms with van der Waals surface area (Å²) in [6.45, 7) is 0.408. The summed E-state index contributed by atoms with van der Waals surface area (Å²) < 4.78 is 14.5. The first kappa shape index (κ1) is 17.2. The predicted octanol–water partition coefficient (Wildman–Crippen LogP) is 3.51. The lowest BCUT2D eigenvalue weighted by atomic mass is 10.2. The van der Waals surface area contributed by atoms with Crippen molar-refractivity contribution in [2.24, 2.45) is 0 Å². The maximum Gasteiger partial charge on any atom is 0.271 e. The lowest BCUT2D eigenvalue weighted by molar-refractivity contribution is -0.384. The maximum absolute atomic E-state index is 13.8. The third-order valence-electron chi connectivity index (χ3n) is 3.13. The van der Waals surface area contributed by atoms with Crippen LogP contribution in [0.4, 0.5) is 21.5 Å². The summed E-state index contributed by atoms with van der Waals surface area (Å²) in [6, 6.07) is 8.99. The van der Waals surface area contributed by atoms with E-state index in [1.165, 1.54) is 18.2 Å². The van der Waals surface area contributed by atoms with Crippen molar-refractivity contribution in [2.75, 3.05) is 23.8 Å². The highest BCUT2D eigenvalue weighted by Crippen LogP contribution is 2.28. The van der Waals surface area contributed by atoms with Gasteiger partial charge in [-0.1, -0.05) is 22.0 Å². The Labute approximate surface area is 140 Å². The molecule has 2 aromatic carbocycles. The van der Waals surface area contributed by atoms with E-state index >= 15 is 0 Å². The number of non-ortho nitro benzene ring substituents is 1. The fourth-order valence-electron chi connectivity index (χ4n) is 1.99. The lowest BCUT2D eigenvalue weighted by Gasteiger charge is -2.14. The molecule has 0 aliphatic rings. The smallest absolute Gasteiger partial charge is 0.271 e. The maximum atomic E-state index is 13.8. The standard InChI is InChI=1S/C15H15BrFN3O3/c16-11-2-1-10(13(17)7-11)9-19-15-8-12(20(22)23)3-4-14(15)18-5-6-21/h1-4,7-8,18-19,21H,5-6,9H2. The van der Waals surface area contributed by atoms with Gasteiger partial charge < -0.3 is 15.7 Å². The summed E-state index contributed by atoms with van der Waals surface area (Å²) >= 11 is 3.19. The van der Waals surface area contributed by atoms with E-state index in [-0.39, 0.29) is 24.7 Å². The fourth-order valence-corrected chi connectivity index (χ4v) is 2.33. The summed E-state index contributed by atoms with van der Waals surface area (Å²) in [5, 5.41) is 25.7. The molecule has 0 heterocycles. The van der Waals surface area contributed by atoms with Crippen LogP contribution in [0.3, 0.4) is 0 Å².